The summed E-state index contributed by atoms with van der Waals surface area (Å²) in [5, 5.41) is 5.33. The fourth-order valence-corrected chi connectivity index (χ4v) is 1.61. The van der Waals surface area contributed by atoms with Crippen molar-refractivity contribution in [1.29, 1.82) is 0 Å². The molecule has 0 atom stereocenters. The summed E-state index contributed by atoms with van der Waals surface area (Å²) in [7, 11) is 1.48. The summed E-state index contributed by atoms with van der Waals surface area (Å²) < 4.78 is 5.16. The third-order valence-corrected chi connectivity index (χ3v) is 2.73. The number of benzene rings is 1. The highest BCUT2D eigenvalue weighted by Gasteiger charge is 2.09. The quantitative estimate of drug-likeness (QED) is 0.666. The highest BCUT2D eigenvalue weighted by Crippen LogP contribution is 2.28. The van der Waals surface area contributed by atoms with Gasteiger partial charge in [0, 0.05) is 18.2 Å². The Hall–Kier alpha value is -1.79. The third-order valence-electron chi connectivity index (χ3n) is 2.49. The van der Waals surface area contributed by atoms with Gasteiger partial charge in [-0.2, -0.15) is 0 Å². The number of anilines is 2. The van der Waals surface area contributed by atoms with Gasteiger partial charge in [-0.15, -0.1) is 11.6 Å². The minimum atomic E-state index is -0.329. The Morgan fingerprint density at radius 1 is 1.30 bits per heavy atom. The predicted octanol–water partition coefficient (Wildman–Crippen LogP) is 1.55. The van der Waals surface area contributed by atoms with Crippen molar-refractivity contribution in [3.8, 4) is 5.75 Å². The Morgan fingerprint density at radius 3 is 2.65 bits per heavy atom. The predicted molar refractivity (Wildman–Crippen MR) is 79.3 cm³/mol. The zero-order chi connectivity index (χ0) is 15.0. The molecule has 0 aliphatic heterocycles. The molecule has 4 N–H and O–H groups in total. The van der Waals surface area contributed by atoms with E-state index in [2.05, 4.69) is 10.6 Å². The molecule has 6 nitrogen and oxygen atoms in total. The second-order valence-corrected chi connectivity index (χ2v) is 4.30. The van der Waals surface area contributed by atoms with Crippen LogP contribution in [0.4, 0.5) is 11.4 Å². The molecule has 0 fully saturated rings. The van der Waals surface area contributed by atoms with Crippen LogP contribution in [0.5, 0.6) is 5.75 Å². The molecule has 0 spiro atoms. The van der Waals surface area contributed by atoms with E-state index in [1.807, 2.05) is 0 Å². The molecule has 20 heavy (non-hydrogen) atoms. The lowest BCUT2D eigenvalue weighted by atomic mass is 10.2. The monoisotopic (exact) mass is 299 g/mol. The van der Waals surface area contributed by atoms with Gasteiger partial charge < -0.3 is 21.1 Å². The molecule has 0 saturated heterocycles. The summed E-state index contributed by atoms with van der Waals surface area (Å²) in [6, 6.07) is 4.94. The first kappa shape index (κ1) is 16.3. The number of hydrogen-bond acceptors (Lipinski definition) is 4. The minimum Gasteiger partial charge on any atom is -0.494 e. The second kappa shape index (κ2) is 8.39. The van der Waals surface area contributed by atoms with Crippen molar-refractivity contribution < 1.29 is 14.3 Å². The number of halogens is 1. The van der Waals surface area contributed by atoms with Crippen molar-refractivity contribution in [2.75, 3.05) is 30.2 Å². The van der Waals surface area contributed by atoms with Gasteiger partial charge in [0.2, 0.25) is 11.8 Å². The normalized spacial score (nSPS) is 9.95. The van der Waals surface area contributed by atoms with Crippen LogP contribution >= 0.6 is 11.6 Å². The van der Waals surface area contributed by atoms with Crippen molar-refractivity contribution in [1.82, 2.24) is 0 Å². The maximum Gasteiger partial charge on any atom is 0.239 e. The number of carbonyl (C=O) groups is 2. The number of alkyl halides is 1. The van der Waals surface area contributed by atoms with E-state index >= 15 is 0 Å². The van der Waals surface area contributed by atoms with E-state index in [4.69, 9.17) is 22.1 Å². The number of rotatable bonds is 7. The minimum absolute atomic E-state index is 0.116. The van der Waals surface area contributed by atoms with Gasteiger partial charge in [0.25, 0.3) is 0 Å². The van der Waals surface area contributed by atoms with Gasteiger partial charge in [0.15, 0.2) is 0 Å². The maximum absolute atomic E-state index is 11.6. The molecular weight excluding hydrogens is 282 g/mol. The van der Waals surface area contributed by atoms with E-state index in [1.54, 1.807) is 18.2 Å². The molecular formula is C13H18ClN3O3. The van der Waals surface area contributed by atoms with Crippen LogP contribution < -0.4 is 21.1 Å². The fourth-order valence-electron chi connectivity index (χ4n) is 1.54. The second-order valence-electron chi connectivity index (χ2n) is 4.04. The van der Waals surface area contributed by atoms with Crippen molar-refractivity contribution >= 4 is 34.8 Å². The van der Waals surface area contributed by atoms with Crippen molar-refractivity contribution in [2.24, 2.45) is 5.73 Å². The molecule has 0 unspecified atom stereocenters. The molecule has 110 valence electrons. The number of ether oxygens (including phenoxy) is 1. The summed E-state index contributed by atoms with van der Waals surface area (Å²) in [6.07, 6.45) is 0.996. The Balaban J connectivity index is 2.76. The average molecular weight is 300 g/mol. The third kappa shape index (κ3) is 5.07. The van der Waals surface area contributed by atoms with E-state index in [0.29, 0.717) is 36.5 Å². The molecule has 2 amide bonds. The molecule has 0 aliphatic rings. The number of nitrogens with one attached hydrogen (secondary N) is 2. The number of nitrogens with two attached hydrogens (primary N) is 1. The van der Waals surface area contributed by atoms with Gasteiger partial charge in [-0.25, -0.2) is 0 Å². The lowest BCUT2D eigenvalue weighted by Gasteiger charge is -2.12. The SMILES string of the molecule is COc1cc(NC(=O)CCCN)ccc1NC(=O)CCl. The van der Waals surface area contributed by atoms with Crippen LogP contribution in [0.3, 0.4) is 0 Å². The average Bonchev–Trinajstić information content (AvgIpc) is 2.46. The fraction of sp³-hybridized carbons (Fsp3) is 0.385. The standard InChI is InChI=1S/C13H18ClN3O3/c1-20-11-7-9(16-12(18)3-2-6-15)4-5-10(11)17-13(19)8-14/h4-5,7H,2-3,6,8,15H2,1H3,(H,16,18)(H,17,19). The number of hydrogen-bond donors (Lipinski definition) is 3. The Kier molecular flexibility index (Phi) is 6.83. The number of carbonyl (C=O) groups excluding carboxylic acids is 2. The lowest BCUT2D eigenvalue weighted by molar-refractivity contribution is -0.116. The molecule has 0 saturated carbocycles. The number of methoxy groups -OCH3 is 1. The smallest absolute Gasteiger partial charge is 0.239 e. The van der Waals surface area contributed by atoms with Crippen LogP contribution in [-0.4, -0.2) is 31.3 Å². The van der Waals surface area contributed by atoms with Crippen molar-refractivity contribution in [2.45, 2.75) is 12.8 Å². The van der Waals surface area contributed by atoms with Crippen LogP contribution in [-0.2, 0) is 9.59 Å². The van der Waals surface area contributed by atoms with E-state index in [1.165, 1.54) is 7.11 Å². The lowest BCUT2D eigenvalue weighted by Crippen LogP contribution is -2.15. The Labute approximate surface area is 122 Å². The van der Waals surface area contributed by atoms with E-state index < -0.39 is 0 Å². The summed E-state index contributed by atoms with van der Waals surface area (Å²) >= 11 is 5.43. The number of amides is 2. The van der Waals surface area contributed by atoms with E-state index in [-0.39, 0.29) is 17.7 Å². The van der Waals surface area contributed by atoms with Crippen LogP contribution in [0, 0.1) is 0 Å². The van der Waals surface area contributed by atoms with E-state index in [9.17, 15) is 9.59 Å². The van der Waals surface area contributed by atoms with Crippen molar-refractivity contribution in [3.05, 3.63) is 18.2 Å². The van der Waals surface area contributed by atoms with Gasteiger partial charge in [-0.05, 0) is 25.1 Å². The van der Waals surface area contributed by atoms with Gasteiger partial charge in [-0.3, -0.25) is 9.59 Å². The first-order valence-electron chi connectivity index (χ1n) is 6.14. The highest BCUT2D eigenvalue weighted by atomic mass is 35.5. The summed E-state index contributed by atoms with van der Waals surface area (Å²) in [6.45, 7) is 0.472. The summed E-state index contributed by atoms with van der Waals surface area (Å²) in [4.78, 5) is 22.8. The topological polar surface area (TPSA) is 93.4 Å². The zero-order valence-electron chi connectivity index (χ0n) is 11.2. The molecule has 7 heteroatoms. The van der Waals surface area contributed by atoms with Crippen molar-refractivity contribution in [3.63, 3.8) is 0 Å². The van der Waals surface area contributed by atoms with Gasteiger partial charge >= 0.3 is 0 Å². The first-order valence-corrected chi connectivity index (χ1v) is 6.68. The summed E-state index contributed by atoms with van der Waals surface area (Å²) in [5.41, 5.74) is 6.43. The van der Waals surface area contributed by atoms with Gasteiger partial charge in [-0.1, -0.05) is 0 Å². The summed E-state index contributed by atoms with van der Waals surface area (Å²) in [5.74, 6) is -0.138. The molecule has 1 rings (SSSR count). The Morgan fingerprint density at radius 2 is 2.05 bits per heavy atom. The molecule has 1 aromatic carbocycles. The molecule has 0 aromatic heterocycles. The first-order chi connectivity index (χ1) is 9.60. The maximum atomic E-state index is 11.6. The molecule has 0 aliphatic carbocycles. The van der Waals surface area contributed by atoms with Crippen LogP contribution in [0.25, 0.3) is 0 Å². The highest BCUT2D eigenvalue weighted by molar-refractivity contribution is 6.29. The van der Waals surface area contributed by atoms with Crippen LogP contribution in [0.1, 0.15) is 12.8 Å². The van der Waals surface area contributed by atoms with Gasteiger partial charge in [0.05, 0.1) is 12.8 Å². The van der Waals surface area contributed by atoms with Crippen LogP contribution in [0.2, 0.25) is 0 Å². The molecule has 0 heterocycles. The van der Waals surface area contributed by atoms with E-state index in [0.717, 1.165) is 0 Å². The molecule has 1 aromatic rings. The van der Waals surface area contributed by atoms with Gasteiger partial charge in [0.1, 0.15) is 11.6 Å². The largest absolute Gasteiger partial charge is 0.494 e. The Bertz CT molecular complexity index is 480. The molecule has 0 radical (unpaired) electrons. The van der Waals surface area contributed by atoms with Crippen LogP contribution in [0.15, 0.2) is 18.2 Å². The zero-order valence-corrected chi connectivity index (χ0v) is 12.0. The molecule has 0 bridgehead atoms.